The van der Waals surface area contributed by atoms with Crippen LogP contribution in [0, 0.1) is 10.8 Å². The predicted molar refractivity (Wildman–Crippen MR) is 62.1 cm³/mol. The molecule has 0 aliphatic heterocycles. The minimum absolute atomic E-state index is 0.343. The first-order valence-electron chi connectivity index (χ1n) is 5.37. The van der Waals surface area contributed by atoms with E-state index in [-0.39, 0.29) is 0 Å². The van der Waals surface area contributed by atoms with E-state index < -0.39 is 6.10 Å². The van der Waals surface area contributed by atoms with Gasteiger partial charge in [-0.05, 0) is 35.6 Å². The van der Waals surface area contributed by atoms with Crippen LogP contribution in [0.1, 0.15) is 25.3 Å². The quantitative estimate of drug-likeness (QED) is 0.776. The van der Waals surface area contributed by atoms with Crippen molar-refractivity contribution in [1.82, 2.24) is 4.98 Å². The zero-order chi connectivity index (χ0) is 11.5. The number of pyridine rings is 1. The third-order valence-electron chi connectivity index (χ3n) is 2.85. The molecule has 1 N–H and O–H groups in total. The molecule has 2 atom stereocenters. The Morgan fingerprint density at radius 1 is 1.56 bits per heavy atom. The van der Waals surface area contributed by atoms with Crippen molar-refractivity contribution in [2.45, 2.75) is 25.9 Å². The number of aliphatic hydroxyl groups is 1. The van der Waals surface area contributed by atoms with Crippen molar-refractivity contribution in [2.75, 3.05) is 0 Å². The van der Waals surface area contributed by atoms with E-state index in [1.165, 1.54) is 6.20 Å². The number of rotatable bonds is 2. The second kappa shape index (κ2) is 4.53. The maximum absolute atomic E-state index is 10.7. The Morgan fingerprint density at radius 2 is 2.38 bits per heavy atom. The number of nitroso groups, excluding NO2 is 1. The molecule has 4 nitrogen and oxygen atoms in total. The van der Waals surface area contributed by atoms with Gasteiger partial charge in [-0.1, -0.05) is 13.0 Å². The molecule has 84 valence electrons. The normalized spacial score (nSPS) is 25.0. The number of allylic oxidation sites excluding steroid dienone is 1. The lowest BCUT2D eigenvalue weighted by molar-refractivity contribution is 0.186. The van der Waals surface area contributed by atoms with Crippen LogP contribution in [0.25, 0.3) is 5.57 Å². The van der Waals surface area contributed by atoms with Crippen LogP contribution >= 0.6 is 0 Å². The van der Waals surface area contributed by atoms with E-state index in [1.807, 2.05) is 6.08 Å². The predicted octanol–water partition coefficient (Wildman–Crippen LogP) is 2.65. The van der Waals surface area contributed by atoms with E-state index >= 15 is 0 Å². The van der Waals surface area contributed by atoms with Crippen molar-refractivity contribution in [3.63, 3.8) is 0 Å². The van der Waals surface area contributed by atoms with Gasteiger partial charge in [0.2, 0.25) is 0 Å². The highest BCUT2D eigenvalue weighted by Gasteiger charge is 2.20. The highest BCUT2D eigenvalue weighted by Crippen LogP contribution is 2.34. The molecule has 1 aliphatic rings. The standard InChI is InChI=1S/C12H14N2O2/c1-8-4-9(6-10(15)5-8)11-2-3-13-7-12(11)14-16/h2-3,6-8,10,15H,4-5H2,1H3/t8-,10-/m0/s1. The summed E-state index contributed by atoms with van der Waals surface area (Å²) in [5.41, 5.74) is 2.12. The molecule has 0 saturated heterocycles. The molecule has 1 aromatic heterocycles. The summed E-state index contributed by atoms with van der Waals surface area (Å²) < 4.78 is 0. The van der Waals surface area contributed by atoms with Crippen molar-refractivity contribution in [1.29, 1.82) is 0 Å². The Hall–Kier alpha value is -1.55. The van der Waals surface area contributed by atoms with Gasteiger partial charge in [-0.25, -0.2) is 0 Å². The molecule has 0 aromatic carbocycles. The molecule has 0 radical (unpaired) electrons. The Morgan fingerprint density at radius 3 is 3.06 bits per heavy atom. The lowest BCUT2D eigenvalue weighted by Crippen LogP contribution is -2.15. The second-order valence-corrected chi connectivity index (χ2v) is 4.29. The van der Waals surface area contributed by atoms with Gasteiger partial charge in [0.15, 0.2) is 0 Å². The summed E-state index contributed by atoms with van der Waals surface area (Å²) in [7, 11) is 0. The molecule has 16 heavy (non-hydrogen) atoms. The van der Waals surface area contributed by atoms with Crippen molar-refractivity contribution < 1.29 is 5.11 Å². The first kappa shape index (κ1) is 11.0. The molecule has 1 aromatic rings. The monoisotopic (exact) mass is 218 g/mol. The fourth-order valence-electron chi connectivity index (χ4n) is 2.17. The third-order valence-corrected chi connectivity index (χ3v) is 2.85. The number of hydrogen-bond donors (Lipinski definition) is 1. The van der Waals surface area contributed by atoms with Crippen molar-refractivity contribution >= 4 is 11.3 Å². The molecule has 0 fully saturated rings. The average Bonchev–Trinajstić information content (AvgIpc) is 2.27. The number of aromatic nitrogens is 1. The van der Waals surface area contributed by atoms with Crippen LogP contribution in [-0.4, -0.2) is 16.2 Å². The Labute approximate surface area is 94.0 Å². The van der Waals surface area contributed by atoms with Crippen LogP contribution < -0.4 is 0 Å². The van der Waals surface area contributed by atoms with Crippen molar-refractivity contribution in [3.8, 4) is 0 Å². The van der Waals surface area contributed by atoms with Gasteiger partial charge in [0, 0.05) is 11.8 Å². The maximum atomic E-state index is 10.7. The number of hydrogen-bond acceptors (Lipinski definition) is 4. The van der Waals surface area contributed by atoms with E-state index in [9.17, 15) is 10.0 Å². The summed E-state index contributed by atoms with van der Waals surface area (Å²) >= 11 is 0. The van der Waals surface area contributed by atoms with E-state index in [4.69, 9.17) is 0 Å². The van der Waals surface area contributed by atoms with Gasteiger partial charge < -0.3 is 5.11 Å². The summed E-state index contributed by atoms with van der Waals surface area (Å²) in [4.78, 5) is 14.5. The molecule has 1 aliphatic carbocycles. The van der Waals surface area contributed by atoms with Gasteiger partial charge in [0.1, 0.15) is 5.69 Å². The minimum atomic E-state index is -0.425. The molecule has 1 heterocycles. The van der Waals surface area contributed by atoms with Crippen LogP contribution in [0.4, 0.5) is 5.69 Å². The van der Waals surface area contributed by atoms with E-state index in [0.717, 1.165) is 24.0 Å². The lowest BCUT2D eigenvalue weighted by atomic mass is 9.85. The first-order valence-corrected chi connectivity index (χ1v) is 5.37. The van der Waals surface area contributed by atoms with Crippen LogP contribution in [0.5, 0.6) is 0 Å². The molecule has 0 spiro atoms. The summed E-state index contributed by atoms with van der Waals surface area (Å²) in [6.07, 6.45) is 6.11. The lowest BCUT2D eigenvalue weighted by Gasteiger charge is -2.23. The fourth-order valence-corrected chi connectivity index (χ4v) is 2.17. The van der Waals surface area contributed by atoms with Crippen LogP contribution in [0.15, 0.2) is 29.7 Å². The van der Waals surface area contributed by atoms with Crippen molar-refractivity contribution in [3.05, 3.63) is 35.0 Å². The van der Waals surface area contributed by atoms with E-state index in [1.54, 1.807) is 12.3 Å². The fraction of sp³-hybridized carbons (Fsp3) is 0.417. The topological polar surface area (TPSA) is 62.5 Å². The Bertz CT molecular complexity index is 429. The van der Waals surface area contributed by atoms with Crippen LogP contribution in [-0.2, 0) is 0 Å². The largest absolute Gasteiger partial charge is 0.389 e. The highest BCUT2D eigenvalue weighted by molar-refractivity contribution is 5.74. The van der Waals surface area contributed by atoms with Crippen LogP contribution in [0.3, 0.4) is 0 Å². The minimum Gasteiger partial charge on any atom is -0.389 e. The van der Waals surface area contributed by atoms with E-state index in [2.05, 4.69) is 17.1 Å². The number of nitrogens with zero attached hydrogens (tertiary/aromatic N) is 2. The van der Waals surface area contributed by atoms with Gasteiger partial charge >= 0.3 is 0 Å². The molecule has 0 amide bonds. The first-order chi connectivity index (χ1) is 7.70. The van der Waals surface area contributed by atoms with Gasteiger partial charge in [0.25, 0.3) is 0 Å². The molecule has 2 rings (SSSR count). The Balaban J connectivity index is 2.40. The van der Waals surface area contributed by atoms with Gasteiger partial charge in [-0.3, -0.25) is 4.98 Å². The number of aliphatic hydroxyl groups excluding tert-OH is 1. The Kier molecular flexibility index (Phi) is 3.10. The third kappa shape index (κ3) is 2.17. The van der Waals surface area contributed by atoms with E-state index in [0.29, 0.717) is 11.6 Å². The molecule has 0 saturated carbocycles. The average molecular weight is 218 g/mol. The SMILES string of the molecule is C[C@H]1CC(c2ccncc2N=O)=C[C@@H](O)C1. The summed E-state index contributed by atoms with van der Waals surface area (Å²) in [5.74, 6) is 0.419. The summed E-state index contributed by atoms with van der Waals surface area (Å²) in [5, 5.41) is 12.6. The highest BCUT2D eigenvalue weighted by atomic mass is 16.3. The molecule has 0 unspecified atom stereocenters. The maximum Gasteiger partial charge on any atom is 0.133 e. The van der Waals surface area contributed by atoms with Crippen molar-refractivity contribution in [2.24, 2.45) is 11.1 Å². The smallest absolute Gasteiger partial charge is 0.133 e. The molecule has 0 bridgehead atoms. The zero-order valence-electron chi connectivity index (χ0n) is 9.13. The second-order valence-electron chi connectivity index (χ2n) is 4.29. The molecular formula is C12H14N2O2. The summed E-state index contributed by atoms with van der Waals surface area (Å²) in [6.45, 7) is 2.09. The van der Waals surface area contributed by atoms with Crippen LogP contribution in [0.2, 0.25) is 0 Å². The van der Waals surface area contributed by atoms with Gasteiger partial charge in [-0.15, -0.1) is 4.91 Å². The zero-order valence-corrected chi connectivity index (χ0v) is 9.13. The molecular weight excluding hydrogens is 204 g/mol. The van der Waals surface area contributed by atoms with Gasteiger partial charge in [-0.2, -0.15) is 0 Å². The molecule has 4 heteroatoms. The van der Waals surface area contributed by atoms with Gasteiger partial charge in [0.05, 0.1) is 12.3 Å². The summed E-state index contributed by atoms with van der Waals surface area (Å²) in [6, 6.07) is 1.77.